The van der Waals surface area contributed by atoms with Gasteiger partial charge in [-0.15, -0.1) is 11.3 Å². The number of nitrogens with zero attached hydrogens (tertiary/aromatic N) is 1. The van der Waals surface area contributed by atoms with E-state index in [1.165, 1.54) is 21.8 Å². The zero-order chi connectivity index (χ0) is 18.7. The molecule has 0 radical (unpaired) electrons. The molecule has 3 aromatic rings. The van der Waals surface area contributed by atoms with Crippen LogP contribution in [0.2, 0.25) is 0 Å². The first-order chi connectivity index (χ1) is 12.5. The van der Waals surface area contributed by atoms with Crippen LogP contribution in [0.25, 0.3) is 11.1 Å². The maximum absolute atomic E-state index is 12.8. The van der Waals surface area contributed by atoms with Crippen molar-refractivity contribution in [3.63, 3.8) is 0 Å². The Morgan fingerprint density at radius 3 is 2.42 bits per heavy atom. The van der Waals surface area contributed by atoms with Gasteiger partial charge >= 0.3 is 0 Å². The Morgan fingerprint density at radius 1 is 1.00 bits per heavy atom. The smallest absolute Gasteiger partial charge is 0.266 e. The molecule has 0 aliphatic rings. The van der Waals surface area contributed by atoms with Crippen molar-refractivity contribution in [2.75, 3.05) is 19.4 Å². The van der Waals surface area contributed by atoms with Gasteiger partial charge in [0, 0.05) is 30.9 Å². The van der Waals surface area contributed by atoms with E-state index in [-0.39, 0.29) is 11.8 Å². The lowest BCUT2D eigenvalue weighted by Crippen LogP contribution is -2.21. The first-order valence-electron chi connectivity index (χ1n) is 8.23. The molecule has 132 valence electrons. The molecule has 0 bridgehead atoms. The highest BCUT2D eigenvalue weighted by Crippen LogP contribution is 2.29. The molecule has 0 spiro atoms. The van der Waals surface area contributed by atoms with E-state index in [4.69, 9.17) is 0 Å². The number of benzene rings is 2. The van der Waals surface area contributed by atoms with Gasteiger partial charge in [-0.05, 0) is 42.1 Å². The molecule has 0 saturated carbocycles. The highest BCUT2D eigenvalue weighted by Gasteiger charge is 2.16. The number of aryl methyl sites for hydroxylation is 1. The van der Waals surface area contributed by atoms with Crippen molar-refractivity contribution in [2.45, 2.75) is 6.92 Å². The van der Waals surface area contributed by atoms with E-state index in [0.29, 0.717) is 16.1 Å². The second-order valence-corrected chi connectivity index (χ2v) is 7.18. The summed E-state index contributed by atoms with van der Waals surface area (Å²) in [6, 6.07) is 17.0. The monoisotopic (exact) mass is 364 g/mol. The summed E-state index contributed by atoms with van der Waals surface area (Å²) >= 11 is 1.40. The highest BCUT2D eigenvalue weighted by molar-refractivity contribution is 7.12. The van der Waals surface area contributed by atoms with Crippen LogP contribution in [0.4, 0.5) is 5.69 Å². The van der Waals surface area contributed by atoms with E-state index >= 15 is 0 Å². The lowest BCUT2D eigenvalue weighted by Gasteiger charge is -2.12. The molecule has 1 heterocycles. The predicted molar refractivity (Wildman–Crippen MR) is 107 cm³/mol. The average Bonchev–Trinajstić information content (AvgIpc) is 3.11. The van der Waals surface area contributed by atoms with Crippen molar-refractivity contribution < 1.29 is 9.59 Å². The second kappa shape index (κ2) is 7.54. The summed E-state index contributed by atoms with van der Waals surface area (Å²) in [6.45, 7) is 2.03. The predicted octanol–water partition coefficient (Wildman–Crippen LogP) is 4.68. The van der Waals surface area contributed by atoms with Crippen LogP contribution < -0.4 is 5.32 Å². The van der Waals surface area contributed by atoms with Crippen LogP contribution in [0.15, 0.2) is 60.0 Å². The van der Waals surface area contributed by atoms with Gasteiger partial charge in [-0.3, -0.25) is 9.59 Å². The fraction of sp³-hybridized carbons (Fsp3) is 0.143. The Morgan fingerprint density at radius 2 is 1.73 bits per heavy atom. The molecule has 0 unspecified atom stereocenters. The van der Waals surface area contributed by atoms with Crippen molar-refractivity contribution in [3.8, 4) is 11.1 Å². The Hall–Kier alpha value is -2.92. The number of carbonyl (C=O) groups excluding carboxylic acids is 2. The summed E-state index contributed by atoms with van der Waals surface area (Å²) in [5.41, 5.74) is 4.24. The minimum absolute atomic E-state index is 0.0995. The standard InChI is InChI=1S/C21H20N2O2S/c1-14-7-9-15(10-8-14)18-11-12-26-19(18)20(24)22-17-6-4-5-16(13-17)21(25)23(2)3/h4-13H,1-3H3,(H,22,24). The zero-order valence-corrected chi connectivity index (χ0v) is 15.8. The van der Waals surface area contributed by atoms with E-state index in [1.54, 1.807) is 38.4 Å². The van der Waals surface area contributed by atoms with Gasteiger partial charge in [-0.1, -0.05) is 35.9 Å². The molecule has 5 heteroatoms. The van der Waals surface area contributed by atoms with Crippen molar-refractivity contribution >= 4 is 28.8 Å². The summed E-state index contributed by atoms with van der Waals surface area (Å²) < 4.78 is 0. The molecule has 26 heavy (non-hydrogen) atoms. The molecule has 0 atom stereocenters. The molecule has 0 saturated heterocycles. The number of hydrogen-bond donors (Lipinski definition) is 1. The summed E-state index contributed by atoms with van der Waals surface area (Å²) in [5, 5.41) is 4.81. The Kier molecular flexibility index (Phi) is 5.19. The van der Waals surface area contributed by atoms with Crippen LogP contribution in [0.3, 0.4) is 0 Å². The number of amides is 2. The summed E-state index contributed by atoms with van der Waals surface area (Å²) in [4.78, 5) is 27.0. The van der Waals surface area contributed by atoms with Gasteiger partial charge in [-0.25, -0.2) is 0 Å². The van der Waals surface area contributed by atoms with Crippen LogP contribution >= 0.6 is 11.3 Å². The third kappa shape index (κ3) is 3.83. The second-order valence-electron chi connectivity index (χ2n) is 6.26. The van der Waals surface area contributed by atoms with Crippen molar-refractivity contribution in [3.05, 3.63) is 76.0 Å². The SMILES string of the molecule is Cc1ccc(-c2ccsc2C(=O)Nc2cccc(C(=O)N(C)C)c2)cc1. The topological polar surface area (TPSA) is 49.4 Å². The third-order valence-electron chi connectivity index (χ3n) is 4.01. The lowest BCUT2D eigenvalue weighted by molar-refractivity contribution is 0.0827. The van der Waals surface area contributed by atoms with Crippen LogP contribution in [-0.4, -0.2) is 30.8 Å². The van der Waals surface area contributed by atoms with Crippen LogP contribution in [0.1, 0.15) is 25.6 Å². The molecular weight excluding hydrogens is 344 g/mol. The molecular formula is C21H20N2O2S. The van der Waals surface area contributed by atoms with E-state index in [0.717, 1.165) is 11.1 Å². The highest BCUT2D eigenvalue weighted by atomic mass is 32.1. The van der Waals surface area contributed by atoms with Gasteiger partial charge in [-0.2, -0.15) is 0 Å². The fourth-order valence-electron chi connectivity index (χ4n) is 2.62. The maximum atomic E-state index is 12.8. The van der Waals surface area contributed by atoms with Crippen LogP contribution in [0.5, 0.6) is 0 Å². The quantitative estimate of drug-likeness (QED) is 0.731. The van der Waals surface area contributed by atoms with Crippen LogP contribution in [0, 0.1) is 6.92 Å². The Balaban J connectivity index is 1.84. The molecule has 0 fully saturated rings. The third-order valence-corrected chi connectivity index (χ3v) is 4.92. The van der Waals surface area contributed by atoms with Crippen molar-refractivity contribution in [1.29, 1.82) is 0 Å². The van der Waals surface area contributed by atoms with Gasteiger partial charge in [0.2, 0.25) is 0 Å². The molecule has 1 N–H and O–H groups in total. The van der Waals surface area contributed by atoms with E-state index < -0.39 is 0 Å². The molecule has 0 aliphatic heterocycles. The summed E-state index contributed by atoms with van der Waals surface area (Å²) in [5.74, 6) is -0.275. The lowest BCUT2D eigenvalue weighted by atomic mass is 10.0. The first kappa shape index (κ1) is 17.9. The van der Waals surface area contributed by atoms with E-state index in [1.807, 2.05) is 42.6 Å². The number of carbonyl (C=O) groups is 2. The van der Waals surface area contributed by atoms with Crippen molar-refractivity contribution in [2.24, 2.45) is 0 Å². The Labute approximate surface area is 157 Å². The van der Waals surface area contributed by atoms with Gasteiger partial charge in [0.15, 0.2) is 0 Å². The van der Waals surface area contributed by atoms with Gasteiger partial charge in [0.05, 0.1) is 4.88 Å². The molecule has 2 amide bonds. The minimum Gasteiger partial charge on any atom is -0.345 e. The molecule has 1 aromatic heterocycles. The van der Waals surface area contributed by atoms with Crippen LogP contribution in [-0.2, 0) is 0 Å². The number of anilines is 1. The molecule has 0 aliphatic carbocycles. The number of nitrogens with one attached hydrogen (secondary N) is 1. The van der Waals surface area contributed by atoms with Gasteiger partial charge in [0.1, 0.15) is 0 Å². The minimum atomic E-state index is -0.176. The molecule has 4 nitrogen and oxygen atoms in total. The largest absolute Gasteiger partial charge is 0.345 e. The van der Waals surface area contributed by atoms with Gasteiger partial charge < -0.3 is 10.2 Å². The van der Waals surface area contributed by atoms with E-state index in [9.17, 15) is 9.59 Å². The first-order valence-corrected chi connectivity index (χ1v) is 9.11. The molecule has 3 rings (SSSR count). The number of thiophene rings is 1. The number of rotatable bonds is 4. The van der Waals surface area contributed by atoms with Crippen molar-refractivity contribution in [1.82, 2.24) is 4.90 Å². The Bertz CT molecular complexity index is 943. The van der Waals surface area contributed by atoms with E-state index in [2.05, 4.69) is 5.32 Å². The molecule has 2 aromatic carbocycles. The fourth-order valence-corrected chi connectivity index (χ4v) is 3.43. The summed E-state index contributed by atoms with van der Waals surface area (Å²) in [6.07, 6.45) is 0. The number of hydrogen-bond acceptors (Lipinski definition) is 3. The maximum Gasteiger partial charge on any atom is 0.266 e. The normalized spacial score (nSPS) is 10.4. The average molecular weight is 364 g/mol. The summed E-state index contributed by atoms with van der Waals surface area (Å²) in [7, 11) is 3.40. The zero-order valence-electron chi connectivity index (χ0n) is 14.9. The van der Waals surface area contributed by atoms with Gasteiger partial charge in [0.25, 0.3) is 11.8 Å².